The highest BCUT2D eigenvalue weighted by Crippen LogP contribution is 2.31. The smallest absolute Gasteiger partial charge is 0.316 e. The van der Waals surface area contributed by atoms with Crippen molar-refractivity contribution in [1.82, 2.24) is 0 Å². The van der Waals surface area contributed by atoms with Crippen LogP contribution in [0.4, 0.5) is 0 Å². The first-order valence-electron chi connectivity index (χ1n) is 6.48. The average molecular weight is 250 g/mol. The van der Waals surface area contributed by atoms with Gasteiger partial charge >= 0.3 is 5.97 Å². The Hall–Kier alpha value is -1.35. The van der Waals surface area contributed by atoms with Crippen LogP contribution in [0.3, 0.4) is 0 Å². The molecule has 1 aromatic rings. The maximum atomic E-state index is 12.2. The van der Waals surface area contributed by atoms with E-state index in [4.69, 9.17) is 9.84 Å². The second-order valence-corrected chi connectivity index (χ2v) is 4.60. The van der Waals surface area contributed by atoms with E-state index in [1.807, 2.05) is 44.2 Å². The normalized spacial score (nSPS) is 13.9. The van der Waals surface area contributed by atoms with Crippen LogP contribution in [-0.4, -0.2) is 24.3 Å². The predicted octanol–water partition coefficient (Wildman–Crippen LogP) is 2.67. The monoisotopic (exact) mass is 250 g/mol. The molecule has 0 amide bonds. The quantitative estimate of drug-likeness (QED) is 0.598. The van der Waals surface area contributed by atoms with Crippen molar-refractivity contribution >= 4 is 5.97 Å². The second kappa shape index (κ2) is 7.17. The summed E-state index contributed by atoms with van der Waals surface area (Å²) < 4.78 is 5.19. The first kappa shape index (κ1) is 14.7. The molecular formula is C15H22O3. The van der Waals surface area contributed by atoms with Gasteiger partial charge in [0.1, 0.15) is 0 Å². The Morgan fingerprint density at radius 2 is 1.94 bits per heavy atom. The van der Waals surface area contributed by atoms with Gasteiger partial charge in [-0.25, -0.2) is 0 Å². The van der Waals surface area contributed by atoms with Crippen LogP contribution in [0.15, 0.2) is 30.3 Å². The van der Waals surface area contributed by atoms with Crippen molar-refractivity contribution in [3.05, 3.63) is 35.9 Å². The Labute approximate surface area is 109 Å². The van der Waals surface area contributed by atoms with Crippen LogP contribution >= 0.6 is 0 Å². The third kappa shape index (κ3) is 3.57. The maximum absolute atomic E-state index is 12.2. The molecule has 100 valence electrons. The summed E-state index contributed by atoms with van der Waals surface area (Å²) in [4.78, 5) is 12.2. The van der Waals surface area contributed by atoms with Gasteiger partial charge in [-0.05, 0) is 38.7 Å². The number of carbonyl (C=O) groups is 1. The zero-order valence-electron chi connectivity index (χ0n) is 11.2. The average Bonchev–Trinajstić information content (AvgIpc) is 2.40. The van der Waals surface area contributed by atoms with E-state index >= 15 is 0 Å². The van der Waals surface area contributed by atoms with Crippen molar-refractivity contribution in [3.63, 3.8) is 0 Å². The zero-order chi connectivity index (χ0) is 13.4. The highest BCUT2D eigenvalue weighted by atomic mass is 16.5. The minimum atomic E-state index is -0.619. The van der Waals surface area contributed by atoms with E-state index in [9.17, 15) is 4.79 Å². The van der Waals surface area contributed by atoms with Crippen LogP contribution in [0.5, 0.6) is 0 Å². The summed E-state index contributed by atoms with van der Waals surface area (Å²) >= 11 is 0. The SMILES string of the molecule is CCOC(=O)C(C)(CCCCO)c1ccccc1. The fourth-order valence-corrected chi connectivity index (χ4v) is 2.05. The van der Waals surface area contributed by atoms with Crippen molar-refractivity contribution in [2.45, 2.75) is 38.5 Å². The van der Waals surface area contributed by atoms with E-state index in [-0.39, 0.29) is 12.6 Å². The van der Waals surface area contributed by atoms with Gasteiger partial charge < -0.3 is 9.84 Å². The van der Waals surface area contributed by atoms with Crippen molar-refractivity contribution in [3.8, 4) is 0 Å². The lowest BCUT2D eigenvalue weighted by Crippen LogP contribution is -2.34. The molecule has 0 radical (unpaired) electrons. The molecule has 1 N–H and O–H groups in total. The van der Waals surface area contributed by atoms with Gasteiger partial charge in [0, 0.05) is 6.61 Å². The molecule has 1 atom stereocenters. The summed E-state index contributed by atoms with van der Waals surface area (Å²) in [5, 5.41) is 8.86. The Morgan fingerprint density at radius 1 is 1.28 bits per heavy atom. The van der Waals surface area contributed by atoms with Crippen molar-refractivity contribution in [2.24, 2.45) is 0 Å². The third-order valence-electron chi connectivity index (χ3n) is 3.22. The number of carbonyl (C=O) groups excluding carboxylic acids is 1. The Morgan fingerprint density at radius 3 is 2.50 bits per heavy atom. The number of benzene rings is 1. The van der Waals surface area contributed by atoms with E-state index < -0.39 is 5.41 Å². The molecule has 0 aromatic heterocycles. The lowest BCUT2D eigenvalue weighted by atomic mass is 9.78. The highest BCUT2D eigenvalue weighted by molar-refractivity contribution is 5.82. The molecule has 0 aliphatic carbocycles. The number of aliphatic hydroxyl groups excluding tert-OH is 1. The minimum Gasteiger partial charge on any atom is -0.465 e. The van der Waals surface area contributed by atoms with Gasteiger partial charge in [-0.1, -0.05) is 30.3 Å². The Bertz CT molecular complexity index is 361. The second-order valence-electron chi connectivity index (χ2n) is 4.60. The maximum Gasteiger partial charge on any atom is 0.316 e. The lowest BCUT2D eigenvalue weighted by Gasteiger charge is -2.27. The zero-order valence-corrected chi connectivity index (χ0v) is 11.2. The Balaban J connectivity index is 2.90. The number of hydrogen-bond acceptors (Lipinski definition) is 3. The molecule has 0 aliphatic heterocycles. The van der Waals surface area contributed by atoms with Crippen molar-refractivity contribution in [1.29, 1.82) is 0 Å². The van der Waals surface area contributed by atoms with E-state index in [0.29, 0.717) is 19.4 Å². The van der Waals surface area contributed by atoms with Crippen LogP contribution < -0.4 is 0 Å². The van der Waals surface area contributed by atoms with Gasteiger partial charge in [0.05, 0.1) is 12.0 Å². The molecule has 0 spiro atoms. The van der Waals surface area contributed by atoms with E-state index in [0.717, 1.165) is 12.0 Å². The fourth-order valence-electron chi connectivity index (χ4n) is 2.05. The molecular weight excluding hydrogens is 228 g/mol. The van der Waals surface area contributed by atoms with Crippen LogP contribution in [0.25, 0.3) is 0 Å². The Kier molecular flexibility index (Phi) is 5.86. The number of aliphatic hydroxyl groups is 1. The topological polar surface area (TPSA) is 46.5 Å². The molecule has 3 nitrogen and oxygen atoms in total. The summed E-state index contributed by atoms with van der Waals surface area (Å²) in [5.74, 6) is -0.186. The number of esters is 1. The van der Waals surface area contributed by atoms with Gasteiger partial charge in [-0.2, -0.15) is 0 Å². The molecule has 18 heavy (non-hydrogen) atoms. The molecule has 1 unspecified atom stereocenters. The number of hydrogen-bond donors (Lipinski definition) is 1. The largest absolute Gasteiger partial charge is 0.465 e. The van der Waals surface area contributed by atoms with E-state index in [1.165, 1.54) is 0 Å². The van der Waals surface area contributed by atoms with Gasteiger partial charge in [-0.3, -0.25) is 4.79 Å². The summed E-state index contributed by atoms with van der Waals surface area (Å²) in [6.07, 6.45) is 2.21. The summed E-state index contributed by atoms with van der Waals surface area (Å²) in [7, 11) is 0. The molecule has 0 heterocycles. The molecule has 0 bridgehead atoms. The first-order chi connectivity index (χ1) is 8.65. The van der Waals surface area contributed by atoms with Gasteiger partial charge in [0.15, 0.2) is 0 Å². The van der Waals surface area contributed by atoms with Crippen LogP contribution in [0, 0.1) is 0 Å². The van der Waals surface area contributed by atoms with Crippen LogP contribution in [0.2, 0.25) is 0 Å². The van der Waals surface area contributed by atoms with Gasteiger partial charge in [-0.15, -0.1) is 0 Å². The molecule has 0 aliphatic rings. The van der Waals surface area contributed by atoms with Crippen LogP contribution in [0.1, 0.15) is 38.7 Å². The number of ether oxygens (including phenoxy) is 1. The van der Waals surface area contributed by atoms with Crippen molar-refractivity contribution in [2.75, 3.05) is 13.2 Å². The summed E-state index contributed by atoms with van der Waals surface area (Å²) in [6.45, 7) is 4.28. The lowest BCUT2D eigenvalue weighted by molar-refractivity contribution is -0.149. The molecule has 1 rings (SSSR count). The molecule has 1 aromatic carbocycles. The van der Waals surface area contributed by atoms with E-state index in [1.54, 1.807) is 0 Å². The fraction of sp³-hybridized carbons (Fsp3) is 0.533. The molecule has 0 saturated heterocycles. The van der Waals surface area contributed by atoms with Gasteiger partial charge in [0.25, 0.3) is 0 Å². The molecule has 0 fully saturated rings. The van der Waals surface area contributed by atoms with Crippen LogP contribution in [-0.2, 0) is 14.9 Å². The van der Waals surface area contributed by atoms with E-state index in [2.05, 4.69) is 0 Å². The van der Waals surface area contributed by atoms with Crippen molar-refractivity contribution < 1.29 is 14.6 Å². The first-order valence-corrected chi connectivity index (χ1v) is 6.48. The number of rotatable bonds is 7. The highest BCUT2D eigenvalue weighted by Gasteiger charge is 2.35. The number of unbranched alkanes of at least 4 members (excludes halogenated alkanes) is 1. The summed E-state index contributed by atoms with van der Waals surface area (Å²) in [5.41, 5.74) is 0.355. The standard InChI is InChI=1S/C15H22O3/c1-3-18-14(17)15(2,11-7-8-12-16)13-9-5-4-6-10-13/h4-6,9-10,16H,3,7-8,11-12H2,1-2H3. The molecule has 0 saturated carbocycles. The third-order valence-corrected chi connectivity index (χ3v) is 3.22. The van der Waals surface area contributed by atoms with Gasteiger partial charge in [0.2, 0.25) is 0 Å². The minimum absolute atomic E-state index is 0.160. The summed E-state index contributed by atoms with van der Waals surface area (Å²) in [6, 6.07) is 9.70. The predicted molar refractivity (Wildman–Crippen MR) is 71.4 cm³/mol. The molecule has 3 heteroatoms.